The van der Waals surface area contributed by atoms with Crippen molar-refractivity contribution in [3.8, 4) is 5.75 Å². The minimum absolute atomic E-state index is 0.269. The van der Waals surface area contributed by atoms with Crippen molar-refractivity contribution in [3.05, 3.63) is 156 Å². The topological polar surface area (TPSA) is 45.2 Å². The summed E-state index contributed by atoms with van der Waals surface area (Å²) in [4.78, 5) is 10.3. The Morgan fingerprint density at radius 3 is 2.17 bits per heavy atom. The van der Waals surface area contributed by atoms with Crippen molar-refractivity contribution >= 4 is 17.1 Å². The third-order valence-corrected chi connectivity index (χ3v) is 13.2. The Kier molecular flexibility index (Phi) is 9.48. The molecule has 4 aromatic carbocycles. The number of phenolic OH excluding ortho intramolecular Hbond substituents is 1. The predicted molar refractivity (Wildman–Crippen MR) is 223 cm³/mol. The SMILES string of the molecule is C=C1CCC(N2Cc3cc(N4CCN(CC5CCN(c6ccc(C7c8ccc(O)cc8CCC7c7ccccc7)cc6)CC5)CC4)ccc3C2=C)C(=C)N1. The smallest absolute Gasteiger partial charge is 0.115 e. The Balaban J connectivity index is 0.780. The van der Waals surface area contributed by atoms with Crippen LogP contribution in [-0.4, -0.2) is 66.8 Å². The summed E-state index contributed by atoms with van der Waals surface area (Å²) in [6, 6.07) is 33.8. The molecule has 4 heterocycles. The molecule has 3 atom stereocenters. The molecular formula is C48H55N5O. The number of phenols is 1. The lowest BCUT2D eigenvalue weighted by atomic mass is 9.69. The number of hydrogen-bond acceptors (Lipinski definition) is 6. The zero-order valence-corrected chi connectivity index (χ0v) is 31.7. The monoisotopic (exact) mass is 717 g/mol. The number of fused-ring (bicyclic) bond motifs is 2. The highest BCUT2D eigenvalue weighted by molar-refractivity contribution is 5.72. The molecule has 4 aromatic rings. The summed E-state index contributed by atoms with van der Waals surface area (Å²) < 4.78 is 0. The summed E-state index contributed by atoms with van der Waals surface area (Å²) in [5, 5.41) is 13.6. The highest BCUT2D eigenvalue weighted by atomic mass is 16.3. The summed E-state index contributed by atoms with van der Waals surface area (Å²) >= 11 is 0. The number of nitrogens with zero attached hydrogens (tertiary/aromatic N) is 4. The van der Waals surface area contributed by atoms with Crippen LogP contribution in [-0.2, 0) is 13.0 Å². The Morgan fingerprint density at radius 1 is 0.667 bits per heavy atom. The van der Waals surface area contributed by atoms with Crippen molar-refractivity contribution in [2.24, 2.45) is 5.92 Å². The Hall–Kier alpha value is -4.94. The number of piperazine rings is 1. The highest BCUT2D eigenvalue weighted by Gasteiger charge is 2.34. The maximum atomic E-state index is 10.2. The second-order valence-corrected chi connectivity index (χ2v) is 16.5. The van der Waals surface area contributed by atoms with E-state index in [1.54, 1.807) is 0 Å². The van der Waals surface area contributed by atoms with Crippen LogP contribution in [0.5, 0.6) is 5.75 Å². The molecule has 4 aliphatic heterocycles. The van der Waals surface area contributed by atoms with Crippen LogP contribution in [0, 0.1) is 5.92 Å². The quantitative estimate of drug-likeness (QED) is 0.199. The van der Waals surface area contributed by atoms with E-state index in [1.807, 2.05) is 12.1 Å². The molecule has 3 fully saturated rings. The third kappa shape index (κ3) is 6.81. The minimum atomic E-state index is 0.269. The van der Waals surface area contributed by atoms with E-state index in [-0.39, 0.29) is 12.0 Å². The van der Waals surface area contributed by atoms with Gasteiger partial charge in [0.25, 0.3) is 0 Å². The predicted octanol–water partition coefficient (Wildman–Crippen LogP) is 8.86. The van der Waals surface area contributed by atoms with Crippen molar-refractivity contribution in [3.63, 3.8) is 0 Å². The van der Waals surface area contributed by atoms with Crippen LogP contribution in [0.1, 0.15) is 77.3 Å². The molecule has 6 heteroatoms. The van der Waals surface area contributed by atoms with Crippen LogP contribution < -0.4 is 15.1 Å². The van der Waals surface area contributed by atoms with E-state index in [0.717, 1.165) is 94.5 Å². The Bertz CT molecular complexity index is 2020. The molecule has 3 unspecified atom stereocenters. The molecule has 3 saturated heterocycles. The maximum Gasteiger partial charge on any atom is 0.115 e. The number of allylic oxidation sites excluding steroid dienone is 1. The average Bonchev–Trinajstić information content (AvgIpc) is 3.53. The van der Waals surface area contributed by atoms with E-state index in [1.165, 1.54) is 64.1 Å². The van der Waals surface area contributed by atoms with Gasteiger partial charge in [0.15, 0.2) is 0 Å². The molecule has 0 spiro atoms. The van der Waals surface area contributed by atoms with Crippen LogP contribution >= 0.6 is 0 Å². The number of hydrogen-bond donors (Lipinski definition) is 2. The largest absolute Gasteiger partial charge is 0.508 e. The second kappa shape index (κ2) is 14.7. The molecule has 0 bridgehead atoms. The van der Waals surface area contributed by atoms with Crippen molar-refractivity contribution in [1.82, 2.24) is 15.1 Å². The minimum Gasteiger partial charge on any atom is -0.508 e. The molecule has 0 saturated carbocycles. The first-order valence-electron chi connectivity index (χ1n) is 20.3. The van der Waals surface area contributed by atoms with Gasteiger partial charge in [-0.2, -0.15) is 0 Å². The van der Waals surface area contributed by atoms with Gasteiger partial charge in [0.1, 0.15) is 5.75 Å². The summed E-state index contributed by atoms with van der Waals surface area (Å²) in [6.07, 6.45) is 6.61. The fraction of sp³-hybridized carbons (Fsp3) is 0.375. The van der Waals surface area contributed by atoms with Gasteiger partial charge < -0.3 is 25.1 Å². The first-order valence-corrected chi connectivity index (χ1v) is 20.3. The summed E-state index contributed by atoms with van der Waals surface area (Å²) in [7, 11) is 0. The van der Waals surface area contributed by atoms with Crippen LogP contribution in [0.15, 0.2) is 122 Å². The lowest BCUT2D eigenvalue weighted by molar-refractivity contribution is 0.201. The lowest BCUT2D eigenvalue weighted by Gasteiger charge is -2.40. The van der Waals surface area contributed by atoms with Gasteiger partial charge in [-0.3, -0.25) is 4.90 Å². The molecule has 0 radical (unpaired) electrons. The lowest BCUT2D eigenvalue weighted by Crippen LogP contribution is -2.49. The van der Waals surface area contributed by atoms with E-state index in [4.69, 9.17) is 0 Å². The van der Waals surface area contributed by atoms with E-state index >= 15 is 0 Å². The van der Waals surface area contributed by atoms with Gasteiger partial charge in [-0.1, -0.05) is 74.3 Å². The van der Waals surface area contributed by atoms with Crippen molar-refractivity contribution in [2.75, 3.05) is 55.6 Å². The van der Waals surface area contributed by atoms with Gasteiger partial charge in [0.2, 0.25) is 0 Å². The summed E-state index contributed by atoms with van der Waals surface area (Å²) in [6.45, 7) is 21.7. The highest BCUT2D eigenvalue weighted by Crippen LogP contribution is 2.47. The molecule has 9 rings (SSSR count). The summed E-state index contributed by atoms with van der Waals surface area (Å²) in [5.74, 6) is 1.84. The fourth-order valence-corrected chi connectivity index (χ4v) is 10.2. The van der Waals surface area contributed by atoms with Gasteiger partial charge in [0.05, 0.1) is 6.04 Å². The van der Waals surface area contributed by atoms with Crippen molar-refractivity contribution < 1.29 is 5.11 Å². The fourth-order valence-electron chi connectivity index (χ4n) is 10.2. The number of nitrogens with one attached hydrogen (secondary N) is 1. The zero-order valence-electron chi connectivity index (χ0n) is 31.7. The Labute approximate surface area is 322 Å². The number of anilines is 2. The molecule has 6 nitrogen and oxygen atoms in total. The van der Waals surface area contributed by atoms with E-state index in [2.05, 4.69) is 124 Å². The van der Waals surface area contributed by atoms with Gasteiger partial charge in [-0.05, 0) is 115 Å². The van der Waals surface area contributed by atoms with E-state index in [9.17, 15) is 5.11 Å². The van der Waals surface area contributed by atoms with Crippen LogP contribution in [0.3, 0.4) is 0 Å². The van der Waals surface area contributed by atoms with Gasteiger partial charge in [-0.25, -0.2) is 0 Å². The van der Waals surface area contributed by atoms with Crippen LogP contribution in [0.2, 0.25) is 0 Å². The first kappa shape index (κ1) is 34.8. The average molecular weight is 718 g/mol. The van der Waals surface area contributed by atoms with Gasteiger partial charge in [-0.15, -0.1) is 0 Å². The number of benzene rings is 4. The van der Waals surface area contributed by atoms with Crippen molar-refractivity contribution in [1.29, 1.82) is 0 Å². The number of aryl methyl sites for hydroxylation is 1. The van der Waals surface area contributed by atoms with Gasteiger partial charge in [0, 0.05) is 92.3 Å². The molecule has 2 N–H and O–H groups in total. The Morgan fingerprint density at radius 2 is 1.41 bits per heavy atom. The number of rotatable bonds is 7. The first-order chi connectivity index (χ1) is 26.4. The maximum absolute atomic E-state index is 10.2. The molecule has 5 aliphatic rings. The van der Waals surface area contributed by atoms with E-state index in [0.29, 0.717) is 11.7 Å². The van der Waals surface area contributed by atoms with E-state index < -0.39 is 0 Å². The molecule has 0 amide bonds. The second-order valence-electron chi connectivity index (χ2n) is 16.5. The zero-order chi connectivity index (χ0) is 36.8. The molecule has 0 aromatic heterocycles. The van der Waals surface area contributed by atoms with Crippen molar-refractivity contribution in [2.45, 2.75) is 62.9 Å². The summed E-state index contributed by atoms with van der Waals surface area (Å²) in [5.41, 5.74) is 14.0. The van der Waals surface area contributed by atoms with Crippen LogP contribution in [0.4, 0.5) is 11.4 Å². The van der Waals surface area contributed by atoms with Gasteiger partial charge >= 0.3 is 0 Å². The normalized spacial score (nSPS) is 23.7. The molecule has 278 valence electrons. The molecule has 1 aliphatic carbocycles. The number of aromatic hydroxyl groups is 1. The standard InChI is InChI=1S/C48H55N5O/c1-33-9-20-47(34(2)49-33)53-32-40-29-42(15-18-44(40)35(53)3)52-27-25-50(26-28-52)31-36-21-23-51(24-22-36)41-13-10-38(11-14-41)48-45(37-7-5-4-6-8-37)17-12-39-30-43(54)16-19-46(39)48/h4-8,10-11,13-16,18-19,29-30,36,45,47-49,54H,1-3,9,12,17,20-28,31-32H2. The molecular weight excluding hydrogens is 663 g/mol. The number of piperidine rings is 2. The third-order valence-electron chi connectivity index (χ3n) is 13.2. The van der Waals surface area contributed by atoms with Crippen LogP contribution in [0.25, 0.3) is 5.70 Å². The molecule has 54 heavy (non-hydrogen) atoms.